The summed E-state index contributed by atoms with van der Waals surface area (Å²) >= 11 is 0. The van der Waals surface area contributed by atoms with E-state index in [1.54, 1.807) is 18.2 Å². The molecule has 0 bridgehead atoms. The predicted octanol–water partition coefficient (Wildman–Crippen LogP) is 2.96. The van der Waals surface area contributed by atoms with Gasteiger partial charge in [0.15, 0.2) is 0 Å². The summed E-state index contributed by atoms with van der Waals surface area (Å²) in [5, 5.41) is 0. The van der Waals surface area contributed by atoms with Crippen molar-refractivity contribution in [1.29, 1.82) is 0 Å². The largest absolute Gasteiger partial charge is 0.300 e. The molecule has 0 N–H and O–H groups in total. The third-order valence-corrected chi connectivity index (χ3v) is 4.87. The van der Waals surface area contributed by atoms with Crippen molar-refractivity contribution in [1.82, 2.24) is 4.90 Å². The Bertz CT molecular complexity index is 533. The first-order valence-corrected chi connectivity index (χ1v) is 8.30. The average Bonchev–Trinajstić information content (AvgIpc) is 2.43. The van der Waals surface area contributed by atoms with Crippen molar-refractivity contribution in [2.75, 3.05) is 19.6 Å². The zero-order chi connectivity index (χ0) is 15.2. The molecule has 0 fully saturated rings. The van der Waals surface area contributed by atoms with Gasteiger partial charge in [0.1, 0.15) is 0 Å². The van der Waals surface area contributed by atoms with Crippen LogP contribution in [0.1, 0.15) is 19.4 Å². The highest BCUT2D eigenvalue weighted by Gasteiger charge is 2.24. The van der Waals surface area contributed by atoms with Crippen molar-refractivity contribution in [2.45, 2.75) is 31.2 Å². The molecule has 0 aromatic heterocycles. The number of alkyl halides is 1. The minimum absolute atomic E-state index is 0.0167. The topological polar surface area (TPSA) is 37.4 Å². The van der Waals surface area contributed by atoms with Crippen LogP contribution in [0.4, 0.5) is 4.39 Å². The second-order valence-corrected chi connectivity index (χ2v) is 6.63. The summed E-state index contributed by atoms with van der Waals surface area (Å²) in [5.41, 5.74) is -1.06. The highest BCUT2D eigenvalue weighted by molar-refractivity contribution is 7.92. The van der Waals surface area contributed by atoms with Crippen LogP contribution in [0.15, 0.2) is 41.3 Å². The number of aryl methyl sites for hydroxylation is 1. The van der Waals surface area contributed by atoms with Gasteiger partial charge in [0.2, 0.25) is 15.3 Å². The minimum Gasteiger partial charge on any atom is -0.300 e. The summed E-state index contributed by atoms with van der Waals surface area (Å²) in [7, 11) is -3.94. The molecular weight excluding hydrogens is 277 g/mol. The Morgan fingerprint density at radius 3 is 2.25 bits per heavy atom. The summed E-state index contributed by atoms with van der Waals surface area (Å²) in [6.45, 7) is 8.12. The normalized spacial score (nSPS) is 14.1. The molecule has 5 heteroatoms. The summed E-state index contributed by atoms with van der Waals surface area (Å²) in [5.74, 6) is 0. The number of nitrogens with zero attached hydrogens (tertiary/aromatic N) is 1. The number of halogens is 1. The lowest BCUT2D eigenvalue weighted by molar-refractivity contribution is 0.336. The molecule has 3 nitrogen and oxygen atoms in total. The molecule has 1 unspecified atom stereocenters. The van der Waals surface area contributed by atoms with Gasteiger partial charge >= 0.3 is 0 Å². The lowest BCUT2D eigenvalue weighted by Crippen LogP contribution is -2.23. The van der Waals surface area contributed by atoms with Gasteiger partial charge in [0.25, 0.3) is 0 Å². The van der Waals surface area contributed by atoms with Gasteiger partial charge in [-0.15, -0.1) is 0 Å². The fraction of sp³-hybridized carbons (Fsp3) is 0.467. The number of likely N-dealkylation sites (N-methyl/N-ethyl adjacent to an activating group) is 1. The van der Waals surface area contributed by atoms with Gasteiger partial charge in [0.05, 0.1) is 4.90 Å². The molecule has 112 valence electrons. The van der Waals surface area contributed by atoms with Crippen molar-refractivity contribution in [2.24, 2.45) is 0 Å². The van der Waals surface area contributed by atoms with E-state index in [4.69, 9.17) is 0 Å². The van der Waals surface area contributed by atoms with Crippen molar-refractivity contribution in [3.8, 4) is 0 Å². The molecule has 0 saturated carbocycles. The Balaban J connectivity index is 2.77. The molecule has 20 heavy (non-hydrogen) atoms. The Labute approximate surface area is 121 Å². The Kier molecular flexibility index (Phi) is 6.36. The number of hydrogen-bond donors (Lipinski definition) is 0. The third-order valence-electron chi connectivity index (χ3n) is 3.19. The van der Waals surface area contributed by atoms with E-state index in [2.05, 4.69) is 4.90 Å². The molecule has 0 aliphatic carbocycles. The lowest BCUT2D eigenvalue weighted by Gasteiger charge is -2.15. The summed E-state index contributed by atoms with van der Waals surface area (Å²) in [4.78, 5) is 2.09. The number of sulfone groups is 1. The van der Waals surface area contributed by atoms with E-state index in [0.717, 1.165) is 24.7 Å². The summed E-state index contributed by atoms with van der Waals surface area (Å²) in [6, 6.07) is 6.21. The highest BCUT2D eigenvalue weighted by Crippen LogP contribution is 2.18. The minimum atomic E-state index is -3.94. The van der Waals surface area contributed by atoms with Crippen LogP contribution in [0.25, 0.3) is 0 Å². The molecule has 1 aromatic rings. The van der Waals surface area contributed by atoms with Crippen LogP contribution in [-0.4, -0.2) is 38.5 Å². The van der Waals surface area contributed by atoms with Crippen LogP contribution in [0.3, 0.4) is 0 Å². The first-order valence-electron chi connectivity index (χ1n) is 6.75. The maximum atomic E-state index is 13.9. The maximum Gasteiger partial charge on any atom is 0.223 e. The standard InChI is InChI=1S/C15H22FNO2S/c1-4-17(5-2)12-6-7-15(16)20(18,19)14-10-8-13(3)9-11-14/h6-11,15H,4-5,12H2,1-3H3/b7-6+. The predicted molar refractivity (Wildman–Crippen MR) is 80.2 cm³/mol. The first-order chi connectivity index (χ1) is 9.41. The van der Waals surface area contributed by atoms with E-state index in [-0.39, 0.29) is 4.90 Å². The van der Waals surface area contributed by atoms with Crippen LogP contribution in [-0.2, 0) is 9.84 Å². The van der Waals surface area contributed by atoms with Gasteiger partial charge in [-0.2, -0.15) is 0 Å². The van der Waals surface area contributed by atoms with Gasteiger partial charge in [-0.25, -0.2) is 12.8 Å². The van der Waals surface area contributed by atoms with Crippen LogP contribution in [0.2, 0.25) is 0 Å². The molecule has 0 saturated heterocycles. The number of hydrogen-bond acceptors (Lipinski definition) is 3. The molecule has 0 spiro atoms. The van der Waals surface area contributed by atoms with E-state index in [9.17, 15) is 12.8 Å². The SMILES string of the molecule is CCN(CC)C/C=C/C(F)S(=O)(=O)c1ccc(C)cc1. The second kappa shape index (κ2) is 7.55. The van der Waals surface area contributed by atoms with Gasteiger partial charge in [0, 0.05) is 6.54 Å². The number of rotatable bonds is 7. The zero-order valence-electron chi connectivity index (χ0n) is 12.2. The molecule has 0 aliphatic heterocycles. The van der Waals surface area contributed by atoms with Gasteiger partial charge in [-0.3, -0.25) is 0 Å². The van der Waals surface area contributed by atoms with Crippen LogP contribution < -0.4 is 0 Å². The molecular formula is C15H22FNO2S. The fourth-order valence-corrected chi connectivity index (χ4v) is 2.85. The van der Waals surface area contributed by atoms with Crippen molar-refractivity contribution < 1.29 is 12.8 Å². The van der Waals surface area contributed by atoms with E-state index >= 15 is 0 Å². The molecule has 1 atom stereocenters. The molecule has 0 radical (unpaired) electrons. The van der Waals surface area contributed by atoms with Crippen molar-refractivity contribution >= 4 is 9.84 Å². The molecule has 0 amide bonds. The van der Waals surface area contributed by atoms with Crippen molar-refractivity contribution in [3.05, 3.63) is 42.0 Å². The second-order valence-electron chi connectivity index (χ2n) is 4.62. The van der Waals surface area contributed by atoms with Gasteiger partial charge in [-0.05, 0) is 38.2 Å². The Morgan fingerprint density at radius 2 is 1.75 bits per heavy atom. The smallest absolute Gasteiger partial charge is 0.223 e. The first kappa shape index (κ1) is 16.9. The van der Waals surface area contributed by atoms with E-state index in [0.29, 0.717) is 6.54 Å². The summed E-state index contributed by atoms with van der Waals surface area (Å²) in [6.07, 6.45) is 2.69. The number of benzene rings is 1. The van der Waals surface area contributed by atoms with Crippen LogP contribution >= 0.6 is 0 Å². The van der Waals surface area contributed by atoms with Gasteiger partial charge in [-0.1, -0.05) is 37.6 Å². The average molecular weight is 299 g/mol. The lowest BCUT2D eigenvalue weighted by atomic mass is 10.2. The summed E-state index contributed by atoms with van der Waals surface area (Å²) < 4.78 is 38.0. The van der Waals surface area contributed by atoms with Gasteiger partial charge < -0.3 is 4.90 Å². The van der Waals surface area contributed by atoms with Crippen molar-refractivity contribution in [3.63, 3.8) is 0 Å². The van der Waals surface area contributed by atoms with E-state index in [1.807, 2.05) is 20.8 Å². The monoisotopic (exact) mass is 299 g/mol. The third kappa shape index (κ3) is 4.42. The van der Waals surface area contributed by atoms with Crippen LogP contribution in [0.5, 0.6) is 0 Å². The van der Waals surface area contributed by atoms with E-state index < -0.39 is 15.3 Å². The van der Waals surface area contributed by atoms with Crippen LogP contribution in [0, 0.1) is 6.92 Å². The Hall–Kier alpha value is -1.20. The Morgan fingerprint density at radius 1 is 1.20 bits per heavy atom. The quantitative estimate of drug-likeness (QED) is 0.726. The highest BCUT2D eigenvalue weighted by atomic mass is 32.2. The molecule has 1 rings (SSSR count). The molecule has 1 aromatic carbocycles. The molecule has 0 aliphatic rings. The van der Waals surface area contributed by atoms with E-state index in [1.165, 1.54) is 12.1 Å². The fourth-order valence-electron chi connectivity index (χ4n) is 1.76. The zero-order valence-corrected chi connectivity index (χ0v) is 13.0. The molecule has 0 heterocycles. The maximum absolute atomic E-state index is 13.9.